The van der Waals surface area contributed by atoms with Gasteiger partial charge in [0, 0.05) is 23.6 Å². The summed E-state index contributed by atoms with van der Waals surface area (Å²) in [5, 5.41) is 5.51. The predicted molar refractivity (Wildman–Crippen MR) is 79.5 cm³/mol. The molecule has 0 bridgehead atoms. The van der Waals surface area contributed by atoms with Crippen molar-refractivity contribution in [3.8, 4) is 17.1 Å². The Bertz CT molecular complexity index is 861. The van der Waals surface area contributed by atoms with Crippen molar-refractivity contribution < 1.29 is 0 Å². The lowest BCUT2D eigenvalue weighted by molar-refractivity contribution is 0.970. The lowest BCUT2D eigenvalue weighted by atomic mass is 10.2. The van der Waals surface area contributed by atoms with Gasteiger partial charge < -0.3 is 4.57 Å². The van der Waals surface area contributed by atoms with Crippen LogP contribution in [-0.4, -0.2) is 19.7 Å². The van der Waals surface area contributed by atoms with Gasteiger partial charge in [0.1, 0.15) is 0 Å². The van der Waals surface area contributed by atoms with Crippen LogP contribution in [0.1, 0.15) is 5.69 Å². The first kappa shape index (κ1) is 12.6. The number of hydrogen-bond acceptors (Lipinski definition) is 3. The topological polar surface area (TPSA) is 66.5 Å². The fourth-order valence-corrected chi connectivity index (χ4v) is 2.22. The number of aromatic amines is 2. The molecule has 0 aliphatic rings. The van der Waals surface area contributed by atoms with Gasteiger partial charge in [-0.2, -0.15) is 4.98 Å². The Morgan fingerprint density at radius 2 is 1.95 bits per heavy atom. The molecule has 0 saturated carbocycles. The molecule has 100 valence electrons. The molecule has 0 aliphatic heterocycles. The molecule has 0 saturated heterocycles. The molecule has 0 amide bonds. The molecular weight excluding hydrogens is 272 g/mol. The number of aromatic nitrogens is 4. The van der Waals surface area contributed by atoms with Crippen LogP contribution in [0.3, 0.4) is 0 Å². The van der Waals surface area contributed by atoms with Crippen molar-refractivity contribution in [3.05, 3.63) is 63.3 Å². The van der Waals surface area contributed by atoms with E-state index in [1.54, 1.807) is 12.3 Å². The molecule has 2 N–H and O–H groups in total. The SMILES string of the molecule is Cc1cc(=O)c(-c2nc(=S)[nH][nH]2)cn1-c1ccccc1. The van der Waals surface area contributed by atoms with Crippen LogP contribution in [0.4, 0.5) is 0 Å². The molecule has 0 radical (unpaired) electrons. The van der Waals surface area contributed by atoms with Crippen molar-refractivity contribution >= 4 is 12.2 Å². The van der Waals surface area contributed by atoms with Crippen LogP contribution >= 0.6 is 12.2 Å². The van der Waals surface area contributed by atoms with Crippen molar-refractivity contribution in [2.24, 2.45) is 0 Å². The Morgan fingerprint density at radius 3 is 2.60 bits per heavy atom. The minimum absolute atomic E-state index is 0.0903. The second-order valence-electron chi connectivity index (χ2n) is 4.41. The van der Waals surface area contributed by atoms with Crippen LogP contribution in [-0.2, 0) is 0 Å². The number of hydrogen-bond donors (Lipinski definition) is 2. The molecular formula is C14H12N4OS. The summed E-state index contributed by atoms with van der Waals surface area (Å²) >= 11 is 4.92. The second kappa shape index (κ2) is 4.90. The fraction of sp³-hybridized carbons (Fsp3) is 0.0714. The Labute approximate surface area is 119 Å². The minimum Gasteiger partial charge on any atom is -0.320 e. The number of H-pyrrole nitrogens is 2. The molecule has 20 heavy (non-hydrogen) atoms. The first-order valence-electron chi connectivity index (χ1n) is 6.09. The molecule has 0 spiro atoms. The van der Waals surface area contributed by atoms with Crippen molar-refractivity contribution in [1.29, 1.82) is 0 Å². The van der Waals surface area contributed by atoms with E-state index in [0.717, 1.165) is 11.4 Å². The summed E-state index contributed by atoms with van der Waals surface area (Å²) in [6, 6.07) is 11.4. The van der Waals surface area contributed by atoms with Crippen molar-refractivity contribution in [1.82, 2.24) is 19.7 Å². The summed E-state index contributed by atoms with van der Waals surface area (Å²) in [7, 11) is 0. The van der Waals surface area contributed by atoms with E-state index in [2.05, 4.69) is 15.2 Å². The summed E-state index contributed by atoms with van der Waals surface area (Å²) in [4.78, 5) is 16.2. The molecule has 3 rings (SSSR count). The third-order valence-electron chi connectivity index (χ3n) is 3.03. The highest BCUT2D eigenvalue weighted by Crippen LogP contribution is 2.15. The largest absolute Gasteiger partial charge is 0.320 e. The smallest absolute Gasteiger partial charge is 0.213 e. The van der Waals surface area contributed by atoms with Gasteiger partial charge in [0.2, 0.25) is 4.77 Å². The van der Waals surface area contributed by atoms with Gasteiger partial charge in [-0.1, -0.05) is 18.2 Å². The van der Waals surface area contributed by atoms with E-state index < -0.39 is 0 Å². The van der Waals surface area contributed by atoms with E-state index in [4.69, 9.17) is 12.2 Å². The molecule has 0 fully saturated rings. The highest BCUT2D eigenvalue weighted by Gasteiger charge is 2.10. The van der Waals surface area contributed by atoms with Crippen LogP contribution < -0.4 is 5.43 Å². The van der Waals surface area contributed by atoms with Gasteiger partial charge in [-0.05, 0) is 31.3 Å². The van der Waals surface area contributed by atoms with Gasteiger partial charge in [-0.25, -0.2) is 0 Å². The van der Waals surface area contributed by atoms with E-state index in [1.165, 1.54) is 0 Å². The highest BCUT2D eigenvalue weighted by molar-refractivity contribution is 7.71. The molecule has 3 aromatic rings. The Kier molecular flexibility index (Phi) is 3.08. The van der Waals surface area contributed by atoms with Gasteiger partial charge in [0.15, 0.2) is 11.3 Å². The summed E-state index contributed by atoms with van der Waals surface area (Å²) in [6.45, 7) is 1.89. The zero-order valence-electron chi connectivity index (χ0n) is 10.8. The van der Waals surface area contributed by atoms with Crippen molar-refractivity contribution in [2.75, 3.05) is 0 Å². The third kappa shape index (κ3) is 2.21. The number of aryl methyl sites for hydroxylation is 1. The average Bonchev–Trinajstić information content (AvgIpc) is 2.86. The van der Waals surface area contributed by atoms with Crippen molar-refractivity contribution in [2.45, 2.75) is 6.92 Å². The molecule has 0 unspecified atom stereocenters. The standard InChI is InChI=1S/C14H12N4OS/c1-9-7-12(19)11(13-15-14(20)17-16-13)8-18(9)10-5-3-2-4-6-10/h2-8H,1H3,(H2,15,16,17,20). The summed E-state index contributed by atoms with van der Waals surface area (Å²) in [5.41, 5.74) is 2.23. The van der Waals surface area contributed by atoms with Crippen molar-refractivity contribution in [3.63, 3.8) is 0 Å². The van der Waals surface area contributed by atoms with Crippen LogP contribution in [0.5, 0.6) is 0 Å². The molecule has 6 heteroatoms. The summed E-state index contributed by atoms with van der Waals surface area (Å²) in [5.74, 6) is 0.449. The average molecular weight is 284 g/mol. The molecule has 2 aromatic heterocycles. The monoisotopic (exact) mass is 284 g/mol. The van der Waals surface area contributed by atoms with E-state index >= 15 is 0 Å². The van der Waals surface area contributed by atoms with Crippen LogP contribution in [0.2, 0.25) is 0 Å². The Morgan fingerprint density at radius 1 is 1.20 bits per heavy atom. The zero-order valence-corrected chi connectivity index (χ0v) is 11.6. The molecule has 0 atom stereocenters. The number of pyridine rings is 1. The van der Waals surface area contributed by atoms with Gasteiger partial charge >= 0.3 is 0 Å². The lowest BCUT2D eigenvalue weighted by Crippen LogP contribution is -2.11. The zero-order chi connectivity index (χ0) is 14.1. The molecule has 1 aromatic carbocycles. The molecule has 5 nitrogen and oxygen atoms in total. The number of nitrogens with one attached hydrogen (secondary N) is 2. The van der Waals surface area contributed by atoms with E-state index in [9.17, 15) is 4.79 Å². The quantitative estimate of drug-likeness (QED) is 0.711. The minimum atomic E-state index is -0.0903. The first-order valence-corrected chi connectivity index (χ1v) is 6.50. The number of rotatable bonds is 2. The van der Waals surface area contributed by atoms with Gasteiger partial charge in [-0.15, -0.1) is 0 Å². The first-order chi connectivity index (χ1) is 9.65. The Balaban J connectivity index is 2.23. The summed E-state index contributed by atoms with van der Waals surface area (Å²) in [6.07, 6.45) is 1.77. The maximum absolute atomic E-state index is 12.1. The van der Waals surface area contributed by atoms with E-state index in [0.29, 0.717) is 16.2 Å². The number of nitrogens with zero attached hydrogens (tertiary/aromatic N) is 2. The van der Waals surface area contributed by atoms with Crippen LogP contribution in [0.25, 0.3) is 17.1 Å². The van der Waals surface area contributed by atoms with Gasteiger partial charge in [0.25, 0.3) is 0 Å². The second-order valence-corrected chi connectivity index (χ2v) is 4.80. The van der Waals surface area contributed by atoms with Crippen LogP contribution in [0.15, 0.2) is 47.4 Å². The van der Waals surface area contributed by atoms with E-state index in [-0.39, 0.29) is 5.43 Å². The number of para-hydroxylation sites is 1. The fourth-order valence-electron chi connectivity index (χ4n) is 2.07. The normalized spacial score (nSPS) is 10.7. The summed E-state index contributed by atoms with van der Waals surface area (Å²) < 4.78 is 2.27. The highest BCUT2D eigenvalue weighted by atomic mass is 32.1. The lowest BCUT2D eigenvalue weighted by Gasteiger charge is -2.11. The third-order valence-corrected chi connectivity index (χ3v) is 3.23. The predicted octanol–water partition coefficient (Wildman–Crippen LogP) is 2.59. The van der Waals surface area contributed by atoms with Gasteiger partial charge in [-0.3, -0.25) is 15.0 Å². The number of benzene rings is 1. The maximum atomic E-state index is 12.1. The molecule has 2 heterocycles. The maximum Gasteiger partial charge on any atom is 0.213 e. The van der Waals surface area contributed by atoms with Crippen LogP contribution in [0, 0.1) is 11.7 Å². The van der Waals surface area contributed by atoms with Gasteiger partial charge in [0.05, 0.1) is 5.56 Å². The van der Waals surface area contributed by atoms with E-state index in [1.807, 2.05) is 41.8 Å². The molecule has 0 aliphatic carbocycles. The Hall–Kier alpha value is -2.47.